The molecule has 2 amide bonds. The van der Waals surface area contributed by atoms with Crippen LogP contribution in [0.25, 0.3) is 6.08 Å². The van der Waals surface area contributed by atoms with E-state index in [0.29, 0.717) is 27.8 Å². The molecule has 0 radical (unpaired) electrons. The largest absolute Gasteiger partial charge is 0.493 e. The Morgan fingerprint density at radius 3 is 2.52 bits per heavy atom. The van der Waals surface area contributed by atoms with Gasteiger partial charge in [-0.15, -0.1) is 0 Å². The smallest absolute Gasteiger partial charge is 0.266 e. The molecule has 0 saturated heterocycles. The number of anilines is 1. The van der Waals surface area contributed by atoms with Crippen LogP contribution in [0.4, 0.5) is 5.69 Å². The average molecular weight is 386 g/mol. The number of rotatable bonds is 7. The molecule has 0 aromatic heterocycles. The van der Waals surface area contributed by atoms with Gasteiger partial charge in [-0.05, 0) is 48.0 Å². The Morgan fingerprint density at radius 1 is 1.22 bits per heavy atom. The lowest BCUT2D eigenvalue weighted by Crippen LogP contribution is -2.20. The Hall–Kier alpha value is -3.50. The number of primary amides is 1. The van der Waals surface area contributed by atoms with Crippen molar-refractivity contribution in [2.24, 2.45) is 5.73 Å². The molecule has 0 saturated carbocycles. The Kier molecular flexibility index (Phi) is 6.80. The van der Waals surface area contributed by atoms with Gasteiger partial charge in [0, 0.05) is 10.7 Å². The second kappa shape index (κ2) is 9.27. The molecule has 0 atom stereocenters. The molecular weight excluding hydrogens is 370 g/mol. The van der Waals surface area contributed by atoms with Crippen molar-refractivity contribution in [2.45, 2.75) is 0 Å². The highest BCUT2D eigenvalue weighted by Crippen LogP contribution is 2.29. The number of nitrogens with two attached hydrogens (primary N) is 1. The van der Waals surface area contributed by atoms with E-state index in [2.05, 4.69) is 5.32 Å². The second-order valence-corrected chi connectivity index (χ2v) is 5.73. The van der Waals surface area contributed by atoms with Crippen LogP contribution in [-0.4, -0.2) is 25.5 Å². The number of nitriles is 1. The van der Waals surface area contributed by atoms with Crippen molar-refractivity contribution < 1.29 is 19.1 Å². The van der Waals surface area contributed by atoms with Crippen molar-refractivity contribution in [3.63, 3.8) is 0 Å². The van der Waals surface area contributed by atoms with Crippen LogP contribution >= 0.6 is 11.6 Å². The highest BCUT2D eigenvalue weighted by atomic mass is 35.5. The van der Waals surface area contributed by atoms with Gasteiger partial charge in [0.2, 0.25) is 0 Å². The summed E-state index contributed by atoms with van der Waals surface area (Å²) in [5.74, 6) is -0.530. The fourth-order valence-electron chi connectivity index (χ4n) is 2.09. The monoisotopic (exact) mass is 385 g/mol. The normalized spacial score (nSPS) is 10.6. The Balaban J connectivity index is 2.20. The number of nitrogens with zero attached hydrogens (tertiary/aromatic N) is 1. The molecule has 2 aromatic rings. The molecule has 0 unspecified atom stereocenters. The second-order valence-electron chi connectivity index (χ2n) is 5.30. The number of hydrogen-bond donors (Lipinski definition) is 2. The number of hydrogen-bond acceptors (Lipinski definition) is 5. The standard InChI is InChI=1S/C19H16ClN3O4/c1-26-17-9-12(2-7-16(17)27-11-18(22)24)8-13(10-21)19(25)23-15-5-3-14(20)4-6-15/h2-9H,11H2,1H3,(H2,22,24)(H,23,25)/b13-8+. The van der Waals surface area contributed by atoms with E-state index in [1.54, 1.807) is 42.5 Å². The first-order chi connectivity index (χ1) is 12.9. The topological polar surface area (TPSA) is 114 Å². The number of ether oxygens (including phenoxy) is 2. The molecule has 138 valence electrons. The lowest BCUT2D eigenvalue weighted by atomic mass is 10.1. The molecule has 8 heteroatoms. The Labute approximate surface area is 160 Å². The van der Waals surface area contributed by atoms with E-state index in [9.17, 15) is 14.9 Å². The molecule has 2 aromatic carbocycles. The van der Waals surface area contributed by atoms with Crippen LogP contribution in [0.1, 0.15) is 5.56 Å². The van der Waals surface area contributed by atoms with Crippen LogP contribution in [0.15, 0.2) is 48.0 Å². The van der Waals surface area contributed by atoms with Gasteiger partial charge in [-0.25, -0.2) is 0 Å². The number of benzene rings is 2. The van der Waals surface area contributed by atoms with Crippen LogP contribution in [0.3, 0.4) is 0 Å². The van der Waals surface area contributed by atoms with Crippen LogP contribution in [0, 0.1) is 11.3 Å². The van der Waals surface area contributed by atoms with E-state index < -0.39 is 11.8 Å². The molecule has 0 aliphatic heterocycles. The minimum Gasteiger partial charge on any atom is -0.493 e. The predicted octanol–water partition coefficient (Wildman–Crippen LogP) is 2.76. The van der Waals surface area contributed by atoms with Gasteiger partial charge in [-0.3, -0.25) is 9.59 Å². The third-order valence-corrected chi connectivity index (χ3v) is 3.59. The first kappa shape index (κ1) is 19.8. The van der Waals surface area contributed by atoms with Gasteiger partial charge in [0.15, 0.2) is 18.1 Å². The highest BCUT2D eigenvalue weighted by molar-refractivity contribution is 6.30. The van der Waals surface area contributed by atoms with Crippen LogP contribution in [0.5, 0.6) is 11.5 Å². The molecule has 2 rings (SSSR count). The fourth-order valence-corrected chi connectivity index (χ4v) is 2.21. The molecule has 0 aliphatic carbocycles. The first-order valence-corrected chi connectivity index (χ1v) is 8.08. The summed E-state index contributed by atoms with van der Waals surface area (Å²) in [5.41, 5.74) is 6.00. The summed E-state index contributed by atoms with van der Waals surface area (Å²) in [4.78, 5) is 23.1. The third kappa shape index (κ3) is 5.76. The van der Waals surface area contributed by atoms with Crippen LogP contribution < -0.4 is 20.5 Å². The van der Waals surface area contributed by atoms with E-state index in [0.717, 1.165) is 0 Å². The summed E-state index contributed by atoms with van der Waals surface area (Å²) >= 11 is 5.80. The van der Waals surface area contributed by atoms with Crippen molar-refractivity contribution in [3.05, 3.63) is 58.6 Å². The van der Waals surface area contributed by atoms with Gasteiger partial charge in [0.1, 0.15) is 11.6 Å². The molecule has 3 N–H and O–H groups in total. The zero-order valence-electron chi connectivity index (χ0n) is 14.4. The summed E-state index contributed by atoms with van der Waals surface area (Å²) in [6.45, 7) is -0.293. The molecule has 7 nitrogen and oxygen atoms in total. The number of carbonyl (C=O) groups excluding carboxylic acids is 2. The minimum atomic E-state index is -0.619. The molecule has 0 spiro atoms. The number of methoxy groups -OCH3 is 1. The van der Waals surface area contributed by atoms with E-state index in [1.807, 2.05) is 6.07 Å². The predicted molar refractivity (Wildman–Crippen MR) is 101 cm³/mol. The van der Waals surface area contributed by atoms with E-state index >= 15 is 0 Å². The SMILES string of the molecule is COc1cc(/C=C(\C#N)C(=O)Nc2ccc(Cl)cc2)ccc1OCC(N)=O. The molecule has 0 fully saturated rings. The van der Waals surface area contributed by atoms with Gasteiger partial charge in [0.25, 0.3) is 11.8 Å². The Morgan fingerprint density at radius 2 is 1.93 bits per heavy atom. The summed E-state index contributed by atoms with van der Waals surface area (Å²) in [6.07, 6.45) is 1.41. The zero-order valence-corrected chi connectivity index (χ0v) is 15.1. The van der Waals surface area contributed by atoms with Gasteiger partial charge in [-0.1, -0.05) is 17.7 Å². The lowest BCUT2D eigenvalue weighted by Gasteiger charge is -2.10. The van der Waals surface area contributed by atoms with Crippen molar-refractivity contribution in [1.82, 2.24) is 0 Å². The van der Waals surface area contributed by atoms with Gasteiger partial charge in [-0.2, -0.15) is 5.26 Å². The zero-order chi connectivity index (χ0) is 19.8. The van der Waals surface area contributed by atoms with E-state index in [4.69, 9.17) is 26.8 Å². The number of amides is 2. The van der Waals surface area contributed by atoms with Crippen molar-refractivity contribution >= 4 is 35.2 Å². The fraction of sp³-hybridized carbons (Fsp3) is 0.105. The summed E-state index contributed by atoms with van der Waals surface area (Å²) in [6, 6.07) is 13.1. The number of halogens is 1. The first-order valence-electron chi connectivity index (χ1n) is 7.70. The van der Waals surface area contributed by atoms with Crippen LogP contribution in [-0.2, 0) is 9.59 Å². The maximum Gasteiger partial charge on any atom is 0.266 e. The van der Waals surface area contributed by atoms with Gasteiger partial charge in [0.05, 0.1) is 7.11 Å². The number of carbonyl (C=O) groups is 2. The molecular formula is C19H16ClN3O4. The van der Waals surface area contributed by atoms with Gasteiger partial charge >= 0.3 is 0 Å². The maximum atomic E-state index is 12.3. The quantitative estimate of drug-likeness (QED) is 0.561. The highest BCUT2D eigenvalue weighted by Gasteiger charge is 2.11. The third-order valence-electron chi connectivity index (χ3n) is 3.34. The van der Waals surface area contributed by atoms with E-state index in [-0.39, 0.29) is 12.2 Å². The average Bonchev–Trinajstić information content (AvgIpc) is 2.66. The maximum absolute atomic E-state index is 12.3. The van der Waals surface area contributed by atoms with Crippen molar-refractivity contribution in [3.8, 4) is 17.6 Å². The summed E-state index contributed by atoms with van der Waals surface area (Å²) in [5, 5.41) is 12.5. The molecule has 27 heavy (non-hydrogen) atoms. The summed E-state index contributed by atoms with van der Waals surface area (Å²) in [7, 11) is 1.43. The van der Waals surface area contributed by atoms with E-state index in [1.165, 1.54) is 13.2 Å². The molecule has 0 bridgehead atoms. The number of nitrogens with one attached hydrogen (secondary N) is 1. The lowest BCUT2D eigenvalue weighted by molar-refractivity contribution is -0.120. The van der Waals surface area contributed by atoms with Crippen LogP contribution in [0.2, 0.25) is 5.02 Å². The molecule has 0 aliphatic rings. The Bertz CT molecular complexity index is 918. The van der Waals surface area contributed by atoms with Crippen molar-refractivity contribution in [2.75, 3.05) is 19.0 Å². The van der Waals surface area contributed by atoms with Gasteiger partial charge < -0.3 is 20.5 Å². The van der Waals surface area contributed by atoms with Crippen molar-refractivity contribution in [1.29, 1.82) is 5.26 Å². The molecule has 0 heterocycles. The summed E-state index contributed by atoms with van der Waals surface area (Å²) < 4.78 is 10.4. The minimum absolute atomic E-state index is 0.0993.